The molecule has 5 nitrogen and oxygen atoms in total. The summed E-state index contributed by atoms with van der Waals surface area (Å²) >= 11 is 0. The molecule has 1 atom stereocenters. The standard InChI is InChI=1S/C29H26N2O3S/c1-20-11-14-25(15-12-20)35(33,34)31-28(17-21-7-3-2-4-8-21)29(32)30-24-13-16-27-23(19-24)18-22-9-5-6-10-26(22)27/h2-16,19,28,31H,17-18H2,1H3,(H,30,32). The zero-order valence-corrected chi connectivity index (χ0v) is 20.2. The predicted octanol–water partition coefficient (Wildman–Crippen LogP) is 5.09. The third-order valence-electron chi connectivity index (χ3n) is 6.29. The number of sulfonamides is 1. The van der Waals surface area contributed by atoms with Crippen LogP contribution in [0.25, 0.3) is 11.1 Å². The summed E-state index contributed by atoms with van der Waals surface area (Å²) in [5, 5.41) is 2.94. The molecule has 1 aliphatic carbocycles. The van der Waals surface area contributed by atoms with Crippen LogP contribution in [-0.4, -0.2) is 20.4 Å². The van der Waals surface area contributed by atoms with Crippen molar-refractivity contribution in [3.8, 4) is 11.1 Å². The van der Waals surface area contributed by atoms with Gasteiger partial charge in [-0.2, -0.15) is 4.72 Å². The van der Waals surface area contributed by atoms with E-state index >= 15 is 0 Å². The normalized spacial score (nSPS) is 13.1. The molecule has 176 valence electrons. The molecule has 4 aromatic rings. The monoisotopic (exact) mass is 482 g/mol. The van der Waals surface area contributed by atoms with Crippen LogP contribution >= 0.6 is 0 Å². The summed E-state index contributed by atoms with van der Waals surface area (Å²) < 4.78 is 28.8. The molecule has 35 heavy (non-hydrogen) atoms. The van der Waals surface area contributed by atoms with E-state index in [4.69, 9.17) is 0 Å². The minimum Gasteiger partial charge on any atom is -0.325 e. The molecule has 0 aliphatic heterocycles. The average Bonchev–Trinajstić information content (AvgIpc) is 3.22. The van der Waals surface area contributed by atoms with Crippen molar-refractivity contribution in [1.82, 2.24) is 4.72 Å². The van der Waals surface area contributed by atoms with Gasteiger partial charge in [0.1, 0.15) is 6.04 Å². The second-order valence-electron chi connectivity index (χ2n) is 8.87. The first-order valence-electron chi connectivity index (χ1n) is 11.5. The molecule has 0 fully saturated rings. The van der Waals surface area contributed by atoms with E-state index in [-0.39, 0.29) is 11.3 Å². The van der Waals surface area contributed by atoms with Crippen LogP contribution in [0.15, 0.2) is 102 Å². The quantitative estimate of drug-likeness (QED) is 0.339. The lowest BCUT2D eigenvalue weighted by atomic mass is 10.0. The summed E-state index contributed by atoms with van der Waals surface area (Å²) in [5.74, 6) is -0.403. The summed E-state index contributed by atoms with van der Waals surface area (Å²) in [5.41, 5.74) is 7.26. The zero-order valence-electron chi connectivity index (χ0n) is 19.4. The number of aryl methyl sites for hydroxylation is 1. The van der Waals surface area contributed by atoms with Crippen molar-refractivity contribution in [2.75, 3.05) is 5.32 Å². The first kappa shape index (κ1) is 23.0. The summed E-state index contributed by atoms with van der Waals surface area (Å²) in [4.78, 5) is 13.5. The number of carbonyl (C=O) groups excluding carboxylic acids is 1. The van der Waals surface area contributed by atoms with Gasteiger partial charge in [-0.05, 0) is 71.8 Å². The molecule has 6 heteroatoms. The first-order chi connectivity index (χ1) is 16.9. The Labute approximate surface area is 205 Å². The van der Waals surface area contributed by atoms with Gasteiger partial charge in [-0.25, -0.2) is 8.42 Å². The lowest BCUT2D eigenvalue weighted by Crippen LogP contribution is -2.45. The van der Waals surface area contributed by atoms with Gasteiger partial charge in [0, 0.05) is 5.69 Å². The van der Waals surface area contributed by atoms with Crippen molar-refractivity contribution in [3.63, 3.8) is 0 Å². The van der Waals surface area contributed by atoms with Crippen molar-refractivity contribution in [1.29, 1.82) is 0 Å². The maximum atomic E-state index is 13.4. The molecule has 2 N–H and O–H groups in total. The Bertz CT molecular complexity index is 1480. The van der Waals surface area contributed by atoms with E-state index in [1.165, 1.54) is 16.7 Å². The third-order valence-corrected chi connectivity index (χ3v) is 7.78. The molecular formula is C29H26N2O3S. The van der Waals surface area contributed by atoms with E-state index in [2.05, 4.69) is 22.2 Å². The molecule has 5 rings (SSSR count). The Hall–Kier alpha value is -3.74. The van der Waals surface area contributed by atoms with E-state index in [0.29, 0.717) is 5.69 Å². The minimum atomic E-state index is -3.89. The summed E-state index contributed by atoms with van der Waals surface area (Å²) in [6, 6.07) is 29.1. The number of benzene rings is 4. The van der Waals surface area contributed by atoms with Gasteiger partial charge in [-0.15, -0.1) is 0 Å². The Morgan fingerprint density at radius 1 is 0.829 bits per heavy atom. The predicted molar refractivity (Wildman–Crippen MR) is 139 cm³/mol. The van der Waals surface area contributed by atoms with Crippen LogP contribution < -0.4 is 10.0 Å². The number of nitrogens with one attached hydrogen (secondary N) is 2. The number of anilines is 1. The fourth-order valence-corrected chi connectivity index (χ4v) is 5.66. The van der Waals surface area contributed by atoms with Crippen molar-refractivity contribution >= 4 is 21.6 Å². The minimum absolute atomic E-state index is 0.129. The molecule has 1 amide bonds. The highest BCUT2D eigenvalue weighted by atomic mass is 32.2. The topological polar surface area (TPSA) is 75.3 Å². The van der Waals surface area contributed by atoms with E-state index < -0.39 is 22.0 Å². The SMILES string of the molecule is Cc1ccc(S(=O)(=O)NC(Cc2ccccc2)C(=O)Nc2ccc3c(c2)Cc2ccccc2-3)cc1. The lowest BCUT2D eigenvalue weighted by molar-refractivity contribution is -0.117. The largest absolute Gasteiger partial charge is 0.325 e. The van der Waals surface area contributed by atoms with E-state index in [1.54, 1.807) is 24.3 Å². The number of amides is 1. The zero-order chi connectivity index (χ0) is 24.4. The van der Waals surface area contributed by atoms with Crippen LogP contribution in [-0.2, 0) is 27.7 Å². The molecule has 0 saturated carbocycles. The number of fused-ring (bicyclic) bond motifs is 3. The highest BCUT2D eigenvalue weighted by Gasteiger charge is 2.27. The van der Waals surface area contributed by atoms with E-state index in [1.807, 2.05) is 67.6 Å². The maximum absolute atomic E-state index is 13.4. The van der Waals surface area contributed by atoms with Gasteiger partial charge < -0.3 is 5.32 Å². The van der Waals surface area contributed by atoms with Crippen LogP contribution in [0.3, 0.4) is 0 Å². The summed E-state index contributed by atoms with van der Waals surface area (Å²) in [6.07, 6.45) is 1.04. The number of carbonyl (C=O) groups is 1. The molecule has 0 spiro atoms. The van der Waals surface area contributed by atoms with Crippen molar-refractivity contribution < 1.29 is 13.2 Å². The van der Waals surface area contributed by atoms with Crippen LogP contribution in [0.1, 0.15) is 22.3 Å². The molecule has 4 aromatic carbocycles. The maximum Gasteiger partial charge on any atom is 0.242 e. The average molecular weight is 483 g/mol. The molecule has 1 unspecified atom stereocenters. The Morgan fingerprint density at radius 2 is 1.51 bits per heavy atom. The molecule has 0 heterocycles. The Morgan fingerprint density at radius 3 is 2.29 bits per heavy atom. The second-order valence-corrected chi connectivity index (χ2v) is 10.6. The van der Waals surface area contributed by atoms with E-state index in [0.717, 1.165) is 23.1 Å². The summed E-state index contributed by atoms with van der Waals surface area (Å²) in [6.45, 7) is 1.89. The van der Waals surface area contributed by atoms with Gasteiger partial charge in [-0.1, -0.05) is 78.4 Å². The molecule has 0 saturated heterocycles. The van der Waals surface area contributed by atoms with Gasteiger partial charge >= 0.3 is 0 Å². The molecule has 1 aliphatic rings. The Balaban J connectivity index is 1.39. The van der Waals surface area contributed by atoms with Crippen LogP contribution in [0, 0.1) is 6.92 Å². The first-order valence-corrected chi connectivity index (χ1v) is 13.0. The van der Waals surface area contributed by atoms with E-state index in [9.17, 15) is 13.2 Å². The van der Waals surface area contributed by atoms with Crippen LogP contribution in [0.5, 0.6) is 0 Å². The lowest BCUT2D eigenvalue weighted by Gasteiger charge is -2.19. The number of hydrogen-bond donors (Lipinski definition) is 2. The molecule has 0 aromatic heterocycles. The second kappa shape index (κ2) is 9.49. The molecule has 0 bridgehead atoms. The Kier molecular flexibility index (Phi) is 6.24. The summed E-state index contributed by atoms with van der Waals surface area (Å²) in [7, 11) is -3.89. The van der Waals surface area contributed by atoms with Crippen molar-refractivity contribution in [2.45, 2.75) is 30.7 Å². The van der Waals surface area contributed by atoms with Gasteiger partial charge in [0.05, 0.1) is 4.90 Å². The number of rotatable bonds is 7. The molecular weight excluding hydrogens is 456 g/mol. The van der Waals surface area contributed by atoms with Gasteiger partial charge in [0.25, 0.3) is 0 Å². The highest BCUT2D eigenvalue weighted by Crippen LogP contribution is 2.37. The third kappa shape index (κ3) is 5.04. The van der Waals surface area contributed by atoms with Crippen LogP contribution in [0.4, 0.5) is 5.69 Å². The van der Waals surface area contributed by atoms with Gasteiger partial charge in [0.2, 0.25) is 15.9 Å². The van der Waals surface area contributed by atoms with Gasteiger partial charge in [0.15, 0.2) is 0 Å². The smallest absolute Gasteiger partial charge is 0.242 e. The van der Waals surface area contributed by atoms with Gasteiger partial charge in [-0.3, -0.25) is 4.79 Å². The van der Waals surface area contributed by atoms with Crippen LogP contribution in [0.2, 0.25) is 0 Å². The fourth-order valence-electron chi connectivity index (χ4n) is 4.46. The highest BCUT2D eigenvalue weighted by molar-refractivity contribution is 7.89. The number of hydrogen-bond acceptors (Lipinski definition) is 3. The van der Waals surface area contributed by atoms with Crippen molar-refractivity contribution in [2.24, 2.45) is 0 Å². The fraction of sp³-hybridized carbons (Fsp3) is 0.138. The molecule has 0 radical (unpaired) electrons. The van der Waals surface area contributed by atoms with Crippen molar-refractivity contribution in [3.05, 3.63) is 119 Å².